The van der Waals surface area contributed by atoms with Crippen LogP contribution in [0.15, 0.2) is 60.7 Å². The van der Waals surface area contributed by atoms with Gasteiger partial charge in [-0.15, -0.1) is 10.2 Å². The van der Waals surface area contributed by atoms with Gasteiger partial charge >= 0.3 is 0 Å². The van der Waals surface area contributed by atoms with E-state index in [2.05, 4.69) is 48.4 Å². The third-order valence-corrected chi connectivity index (χ3v) is 5.70. The molecule has 0 aliphatic heterocycles. The molecule has 0 aliphatic carbocycles. The van der Waals surface area contributed by atoms with Gasteiger partial charge in [0.2, 0.25) is 0 Å². The summed E-state index contributed by atoms with van der Waals surface area (Å²) in [6.07, 6.45) is 3.41. The maximum Gasteiger partial charge on any atom is 0.255 e. The maximum atomic E-state index is 12.9. The monoisotopic (exact) mass is 476 g/mol. The molecule has 1 heterocycles. The third kappa shape index (κ3) is 5.75. The number of carbonyl (C=O) groups excluding carboxylic acids is 1. The number of nitrogens with one attached hydrogen (secondary N) is 1. The summed E-state index contributed by atoms with van der Waals surface area (Å²) in [7, 11) is 0. The molecule has 0 spiro atoms. The first kappa shape index (κ1) is 23.8. The van der Waals surface area contributed by atoms with E-state index in [1.54, 1.807) is 35.1 Å². The van der Waals surface area contributed by atoms with Gasteiger partial charge in [0, 0.05) is 5.56 Å². The molecule has 0 saturated heterocycles. The van der Waals surface area contributed by atoms with Gasteiger partial charge in [0.1, 0.15) is 16.8 Å². The molecule has 1 amide bonds. The number of aromatic nitrogens is 3. The first-order valence-electron chi connectivity index (χ1n) is 11.6. The van der Waals surface area contributed by atoms with Crippen molar-refractivity contribution in [2.24, 2.45) is 5.92 Å². The summed E-state index contributed by atoms with van der Waals surface area (Å²) in [5, 5.41) is 12.4. The van der Waals surface area contributed by atoms with Crippen molar-refractivity contribution in [2.75, 3.05) is 11.9 Å². The Balaban J connectivity index is 1.52. The van der Waals surface area contributed by atoms with Crippen LogP contribution in [0.3, 0.4) is 0 Å². The summed E-state index contributed by atoms with van der Waals surface area (Å²) in [5.74, 6) is 0.785. The molecule has 0 fully saturated rings. The number of fused-ring (bicyclic) bond motifs is 1. The van der Waals surface area contributed by atoms with Crippen LogP contribution in [0.2, 0.25) is 5.02 Å². The van der Waals surface area contributed by atoms with Crippen LogP contribution in [-0.2, 0) is 6.42 Å². The molecule has 1 N–H and O–H groups in total. The van der Waals surface area contributed by atoms with Crippen LogP contribution in [0, 0.1) is 5.92 Å². The molecular formula is C27H29ClN4O2. The maximum absolute atomic E-state index is 12.9. The molecule has 4 rings (SSSR count). The molecular weight excluding hydrogens is 448 g/mol. The number of ether oxygens (including phenoxy) is 1. The van der Waals surface area contributed by atoms with Gasteiger partial charge in [0.15, 0.2) is 0 Å². The number of nitrogens with zero attached hydrogens (tertiary/aromatic N) is 3. The van der Waals surface area contributed by atoms with Crippen LogP contribution >= 0.6 is 11.6 Å². The number of carbonyl (C=O) groups is 1. The summed E-state index contributed by atoms with van der Waals surface area (Å²) in [4.78, 5) is 14.4. The Bertz CT molecular complexity index is 1280. The molecule has 1 aromatic heterocycles. The minimum Gasteiger partial charge on any atom is -0.493 e. The molecule has 0 saturated carbocycles. The summed E-state index contributed by atoms with van der Waals surface area (Å²) in [5.41, 5.74) is 4.44. The van der Waals surface area contributed by atoms with Crippen molar-refractivity contribution < 1.29 is 9.53 Å². The van der Waals surface area contributed by atoms with Gasteiger partial charge in [0.05, 0.1) is 23.0 Å². The van der Waals surface area contributed by atoms with Gasteiger partial charge in [-0.2, -0.15) is 4.80 Å². The van der Waals surface area contributed by atoms with Gasteiger partial charge in [-0.05, 0) is 66.8 Å². The number of hydrogen-bond donors (Lipinski definition) is 1. The van der Waals surface area contributed by atoms with Gasteiger partial charge in [-0.1, -0.05) is 57.0 Å². The van der Waals surface area contributed by atoms with Crippen LogP contribution in [0.25, 0.3) is 16.7 Å². The molecule has 6 nitrogen and oxygen atoms in total. The normalized spacial score (nSPS) is 11.2. The zero-order valence-electron chi connectivity index (χ0n) is 19.7. The first-order valence-corrected chi connectivity index (χ1v) is 12.0. The minimum absolute atomic E-state index is 0.272. The minimum atomic E-state index is -0.272. The average Bonchev–Trinajstić information content (AvgIpc) is 3.24. The number of amides is 1. The van der Waals surface area contributed by atoms with Crippen molar-refractivity contribution in [3.05, 3.63) is 76.8 Å². The quantitative estimate of drug-likeness (QED) is 0.291. The van der Waals surface area contributed by atoms with Gasteiger partial charge in [0.25, 0.3) is 5.91 Å². The van der Waals surface area contributed by atoms with Crippen molar-refractivity contribution in [3.8, 4) is 11.4 Å². The predicted molar refractivity (Wildman–Crippen MR) is 137 cm³/mol. The second-order valence-electron chi connectivity index (χ2n) is 8.77. The van der Waals surface area contributed by atoms with E-state index in [1.165, 1.54) is 18.4 Å². The Morgan fingerprint density at radius 3 is 2.50 bits per heavy atom. The number of unbranched alkanes of at least 4 members (excludes halogenated alkanes) is 1. The van der Waals surface area contributed by atoms with E-state index in [-0.39, 0.29) is 5.91 Å². The predicted octanol–water partition coefficient (Wildman–Crippen LogP) is 6.70. The molecule has 0 aliphatic rings. The highest BCUT2D eigenvalue weighted by Gasteiger charge is 2.14. The number of halogens is 1. The number of hydrogen-bond acceptors (Lipinski definition) is 4. The summed E-state index contributed by atoms with van der Waals surface area (Å²) < 4.78 is 5.73. The number of rotatable bonds is 9. The van der Waals surface area contributed by atoms with E-state index in [9.17, 15) is 4.79 Å². The highest BCUT2D eigenvalue weighted by Crippen LogP contribution is 2.28. The largest absolute Gasteiger partial charge is 0.493 e. The SMILES string of the molecule is CCCCc1ccc(-n2nc3cc(Cl)c(NC(=O)c4cccc(OCC(C)C)c4)cc3n2)cc1. The fraction of sp³-hybridized carbons (Fsp3) is 0.296. The second kappa shape index (κ2) is 10.7. The van der Waals surface area contributed by atoms with Crippen molar-refractivity contribution in [1.82, 2.24) is 15.0 Å². The van der Waals surface area contributed by atoms with Gasteiger partial charge < -0.3 is 10.1 Å². The van der Waals surface area contributed by atoms with Crippen molar-refractivity contribution in [3.63, 3.8) is 0 Å². The Morgan fingerprint density at radius 2 is 1.79 bits per heavy atom. The molecule has 3 aromatic carbocycles. The highest BCUT2D eigenvalue weighted by atomic mass is 35.5. The van der Waals surface area contributed by atoms with Crippen molar-refractivity contribution in [1.29, 1.82) is 0 Å². The highest BCUT2D eigenvalue weighted by molar-refractivity contribution is 6.34. The standard InChI is InChI=1S/C27H29ClN4O2/c1-4-5-7-19-10-12-21(13-11-19)32-30-25-15-23(28)24(16-26(25)31-32)29-27(33)20-8-6-9-22(14-20)34-17-18(2)3/h6,8-16,18H,4-5,7,17H2,1-3H3,(H,29,33). The zero-order valence-corrected chi connectivity index (χ0v) is 20.5. The Hall–Kier alpha value is -3.38. The molecule has 7 heteroatoms. The van der Waals surface area contributed by atoms with Crippen LogP contribution in [-0.4, -0.2) is 27.5 Å². The number of benzene rings is 3. The zero-order chi connectivity index (χ0) is 24.1. The van der Waals surface area contributed by atoms with E-state index >= 15 is 0 Å². The topological polar surface area (TPSA) is 69.0 Å². The Morgan fingerprint density at radius 1 is 1.06 bits per heavy atom. The van der Waals surface area contributed by atoms with Crippen LogP contribution in [0.4, 0.5) is 5.69 Å². The molecule has 176 valence electrons. The third-order valence-electron chi connectivity index (χ3n) is 5.38. The van der Waals surface area contributed by atoms with E-state index < -0.39 is 0 Å². The molecule has 0 unspecified atom stereocenters. The lowest BCUT2D eigenvalue weighted by Gasteiger charge is -2.11. The Labute approximate surface area is 204 Å². The van der Waals surface area contributed by atoms with E-state index in [0.717, 1.165) is 12.1 Å². The number of aryl methyl sites for hydroxylation is 1. The van der Waals surface area contributed by atoms with E-state index in [1.807, 2.05) is 18.2 Å². The van der Waals surface area contributed by atoms with Crippen LogP contribution in [0.5, 0.6) is 5.75 Å². The van der Waals surface area contributed by atoms with Crippen LogP contribution in [0.1, 0.15) is 49.5 Å². The van der Waals surface area contributed by atoms with Gasteiger partial charge in [-0.3, -0.25) is 4.79 Å². The van der Waals surface area contributed by atoms with Crippen LogP contribution < -0.4 is 10.1 Å². The lowest BCUT2D eigenvalue weighted by Crippen LogP contribution is -2.12. The average molecular weight is 477 g/mol. The van der Waals surface area contributed by atoms with Crippen molar-refractivity contribution >= 4 is 34.2 Å². The lowest BCUT2D eigenvalue weighted by atomic mass is 10.1. The van der Waals surface area contributed by atoms with E-state index in [4.69, 9.17) is 16.3 Å². The summed E-state index contributed by atoms with van der Waals surface area (Å²) in [6.45, 7) is 6.93. The fourth-order valence-corrected chi connectivity index (χ4v) is 3.72. The molecule has 0 radical (unpaired) electrons. The summed E-state index contributed by atoms with van der Waals surface area (Å²) >= 11 is 6.46. The van der Waals surface area contributed by atoms with Crippen molar-refractivity contribution in [2.45, 2.75) is 40.0 Å². The molecule has 0 atom stereocenters. The second-order valence-corrected chi connectivity index (χ2v) is 9.17. The fourth-order valence-electron chi connectivity index (χ4n) is 3.51. The molecule has 0 bridgehead atoms. The summed E-state index contributed by atoms with van der Waals surface area (Å²) in [6, 6.07) is 18.8. The molecule has 34 heavy (non-hydrogen) atoms. The van der Waals surface area contributed by atoms with E-state index in [0.29, 0.717) is 45.6 Å². The Kier molecular flexibility index (Phi) is 7.48. The first-order chi connectivity index (χ1) is 16.4. The molecule has 4 aromatic rings. The smallest absolute Gasteiger partial charge is 0.255 e. The number of anilines is 1. The lowest BCUT2D eigenvalue weighted by molar-refractivity contribution is 0.102. The van der Waals surface area contributed by atoms with Gasteiger partial charge in [-0.25, -0.2) is 0 Å².